The van der Waals surface area contributed by atoms with Gasteiger partial charge < -0.3 is 4.90 Å². The topological polar surface area (TPSA) is 71.9 Å². The van der Waals surface area contributed by atoms with Crippen LogP contribution >= 0.6 is 0 Å². The summed E-state index contributed by atoms with van der Waals surface area (Å²) >= 11 is 0. The maximum absolute atomic E-state index is 12.4. The summed E-state index contributed by atoms with van der Waals surface area (Å²) in [5.74, 6) is 1.57. The van der Waals surface area contributed by atoms with Crippen LogP contribution in [-0.4, -0.2) is 43.8 Å². The average Bonchev–Trinajstić information content (AvgIpc) is 3.65. The molecule has 4 heterocycles. The number of pyridine rings is 2. The molecule has 0 unspecified atom stereocenters. The summed E-state index contributed by atoms with van der Waals surface area (Å²) in [6, 6.07) is 9.76. The van der Waals surface area contributed by atoms with Crippen LogP contribution in [0, 0.1) is 5.92 Å². The second-order valence-electron chi connectivity index (χ2n) is 7.82. The van der Waals surface area contributed by atoms with Crippen molar-refractivity contribution in [2.45, 2.75) is 31.6 Å². The summed E-state index contributed by atoms with van der Waals surface area (Å²) in [7, 11) is 0. The van der Waals surface area contributed by atoms with Crippen LogP contribution in [0.1, 0.15) is 37.3 Å². The predicted octanol–water partition coefficient (Wildman–Crippen LogP) is 3.72. The van der Waals surface area contributed by atoms with E-state index in [4.69, 9.17) is 4.98 Å². The number of carbonyl (C=O) groups excluding carboxylic acids is 1. The van der Waals surface area contributed by atoms with Gasteiger partial charge in [-0.3, -0.25) is 14.8 Å². The fraction of sp³-hybridized carbons (Fsp3) is 0.348. The van der Waals surface area contributed by atoms with Crippen LogP contribution in [0.2, 0.25) is 0 Å². The number of carbonyl (C=O) groups is 1. The Morgan fingerprint density at radius 1 is 0.931 bits per heavy atom. The Morgan fingerprint density at radius 2 is 1.72 bits per heavy atom. The quantitative estimate of drug-likeness (QED) is 0.684. The first kappa shape index (κ1) is 17.9. The number of aromatic nitrogens is 4. The van der Waals surface area contributed by atoms with Crippen molar-refractivity contribution in [2.24, 2.45) is 5.92 Å². The number of hydrogen-bond acceptors (Lipinski definition) is 5. The number of nitrogens with zero attached hydrogens (tertiary/aromatic N) is 5. The van der Waals surface area contributed by atoms with Gasteiger partial charge in [0.15, 0.2) is 5.82 Å². The van der Waals surface area contributed by atoms with Crippen LogP contribution in [0.15, 0.2) is 55.1 Å². The summed E-state index contributed by atoms with van der Waals surface area (Å²) < 4.78 is 0. The number of likely N-dealkylation sites (tertiary alicyclic amines) is 1. The first-order valence-corrected chi connectivity index (χ1v) is 10.3. The third-order valence-corrected chi connectivity index (χ3v) is 5.82. The highest BCUT2D eigenvalue weighted by atomic mass is 16.2. The van der Waals surface area contributed by atoms with Gasteiger partial charge in [-0.15, -0.1) is 0 Å². The lowest BCUT2D eigenvalue weighted by molar-refractivity contribution is -0.133. The number of piperidine rings is 1. The lowest BCUT2D eigenvalue weighted by atomic mass is 9.89. The molecule has 146 valence electrons. The van der Waals surface area contributed by atoms with Gasteiger partial charge in [0, 0.05) is 55.3 Å². The van der Waals surface area contributed by atoms with Crippen LogP contribution in [0.4, 0.5) is 0 Å². The Labute approximate surface area is 170 Å². The van der Waals surface area contributed by atoms with E-state index >= 15 is 0 Å². The molecule has 3 aromatic rings. The van der Waals surface area contributed by atoms with Gasteiger partial charge in [-0.25, -0.2) is 9.97 Å². The molecule has 6 nitrogen and oxygen atoms in total. The molecule has 1 aliphatic carbocycles. The van der Waals surface area contributed by atoms with Crippen molar-refractivity contribution in [2.75, 3.05) is 13.1 Å². The highest BCUT2D eigenvalue weighted by molar-refractivity contribution is 5.81. The first-order chi connectivity index (χ1) is 14.3. The van der Waals surface area contributed by atoms with Gasteiger partial charge in [-0.1, -0.05) is 6.07 Å². The molecule has 5 rings (SSSR count). The standard InChI is InChI=1S/C23H23N5O/c29-23(18-4-5-18)28-13-8-17(9-14-28)21-19(16-6-11-24-12-7-16)15-26-22(27-21)20-3-1-2-10-25-20/h1-3,6-7,10-12,15,17-18H,4-5,8-9,13-14H2. The molecule has 1 aliphatic heterocycles. The number of hydrogen-bond donors (Lipinski definition) is 0. The normalized spacial score (nSPS) is 17.3. The predicted molar refractivity (Wildman–Crippen MR) is 110 cm³/mol. The van der Waals surface area contributed by atoms with Crippen LogP contribution in [0.25, 0.3) is 22.6 Å². The molecule has 0 radical (unpaired) electrons. The minimum absolute atomic E-state index is 0.286. The molecule has 2 aliphatic rings. The van der Waals surface area contributed by atoms with E-state index in [1.54, 1.807) is 18.6 Å². The molecule has 0 bridgehead atoms. The van der Waals surface area contributed by atoms with Crippen molar-refractivity contribution in [1.82, 2.24) is 24.8 Å². The second-order valence-corrected chi connectivity index (χ2v) is 7.82. The summed E-state index contributed by atoms with van der Waals surface area (Å²) in [5, 5.41) is 0. The Balaban J connectivity index is 1.47. The molecule has 3 aromatic heterocycles. The molecular weight excluding hydrogens is 362 g/mol. The number of amides is 1. The monoisotopic (exact) mass is 385 g/mol. The fourth-order valence-electron chi connectivity index (χ4n) is 4.04. The molecule has 0 spiro atoms. The van der Waals surface area contributed by atoms with E-state index in [9.17, 15) is 4.79 Å². The molecule has 0 aromatic carbocycles. The van der Waals surface area contributed by atoms with Gasteiger partial charge in [0.25, 0.3) is 0 Å². The summed E-state index contributed by atoms with van der Waals surface area (Å²) in [4.78, 5) is 32.6. The van der Waals surface area contributed by atoms with E-state index in [0.29, 0.717) is 17.6 Å². The van der Waals surface area contributed by atoms with Crippen LogP contribution in [0.5, 0.6) is 0 Å². The van der Waals surface area contributed by atoms with E-state index in [2.05, 4.69) is 15.0 Å². The van der Waals surface area contributed by atoms with Crippen molar-refractivity contribution < 1.29 is 4.79 Å². The number of rotatable bonds is 4. The van der Waals surface area contributed by atoms with Gasteiger partial charge >= 0.3 is 0 Å². The zero-order valence-electron chi connectivity index (χ0n) is 16.2. The highest BCUT2D eigenvalue weighted by Crippen LogP contribution is 2.37. The lowest BCUT2D eigenvalue weighted by Gasteiger charge is -2.32. The Kier molecular flexibility index (Phi) is 4.76. The molecule has 29 heavy (non-hydrogen) atoms. The molecule has 1 saturated heterocycles. The zero-order chi connectivity index (χ0) is 19.6. The Bertz CT molecular complexity index is 996. The van der Waals surface area contributed by atoms with Gasteiger partial charge in [-0.2, -0.15) is 0 Å². The molecule has 6 heteroatoms. The summed E-state index contributed by atoms with van der Waals surface area (Å²) in [5.41, 5.74) is 3.93. The van der Waals surface area contributed by atoms with Gasteiger partial charge in [-0.05, 0) is 55.5 Å². The van der Waals surface area contributed by atoms with E-state index in [-0.39, 0.29) is 5.92 Å². The molecule has 0 atom stereocenters. The second kappa shape index (κ2) is 7.70. The fourth-order valence-corrected chi connectivity index (χ4v) is 4.04. The van der Waals surface area contributed by atoms with E-state index in [0.717, 1.165) is 61.3 Å². The lowest BCUT2D eigenvalue weighted by Crippen LogP contribution is -2.39. The van der Waals surface area contributed by atoms with Gasteiger partial charge in [0.1, 0.15) is 5.69 Å². The smallest absolute Gasteiger partial charge is 0.225 e. The van der Waals surface area contributed by atoms with Crippen molar-refractivity contribution >= 4 is 5.91 Å². The Morgan fingerprint density at radius 3 is 2.41 bits per heavy atom. The largest absolute Gasteiger partial charge is 0.342 e. The summed E-state index contributed by atoms with van der Waals surface area (Å²) in [6.07, 6.45) is 11.2. The third kappa shape index (κ3) is 3.75. The minimum atomic E-state index is 0.286. The summed E-state index contributed by atoms with van der Waals surface area (Å²) in [6.45, 7) is 1.61. The first-order valence-electron chi connectivity index (χ1n) is 10.3. The van der Waals surface area contributed by atoms with Crippen LogP contribution in [0.3, 0.4) is 0 Å². The third-order valence-electron chi connectivity index (χ3n) is 5.82. The van der Waals surface area contributed by atoms with E-state index in [1.807, 2.05) is 41.4 Å². The molecule has 1 saturated carbocycles. The average molecular weight is 385 g/mol. The van der Waals surface area contributed by atoms with Gasteiger partial charge in [0.05, 0.1) is 5.69 Å². The maximum atomic E-state index is 12.4. The van der Waals surface area contributed by atoms with Crippen molar-refractivity contribution in [3.8, 4) is 22.6 Å². The zero-order valence-corrected chi connectivity index (χ0v) is 16.2. The highest BCUT2D eigenvalue weighted by Gasteiger charge is 2.35. The minimum Gasteiger partial charge on any atom is -0.342 e. The molecule has 2 fully saturated rings. The van der Waals surface area contributed by atoms with E-state index < -0.39 is 0 Å². The molecule has 1 amide bonds. The SMILES string of the molecule is O=C(C1CC1)N1CCC(c2nc(-c3ccccn3)ncc2-c2ccncc2)CC1. The molecular formula is C23H23N5O. The van der Waals surface area contributed by atoms with Crippen LogP contribution in [-0.2, 0) is 4.79 Å². The van der Waals surface area contributed by atoms with Crippen molar-refractivity contribution in [3.63, 3.8) is 0 Å². The maximum Gasteiger partial charge on any atom is 0.225 e. The van der Waals surface area contributed by atoms with Crippen molar-refractivity contribution in [1.29, 1.82) is 0 Å². The van der Waals surface area contributed by atoms with E-state index in [1.165, 1.54) is 0 Å². The van der Waals surface area contributed by atoms with Gasteiger partial charge in [0.2, 0.25) is 5.91 Å². The molecule has 0 N–H and O–H groups in total. The Hall–Kier alpha value is -3.15. The van der Waals surface area contributed by atoms with Crippen molar-refractivity contribution in [3.05, 3.63) is 60.8 Å². The van der Waals surface area contributed by atoms with Crippen LogP contribution < -0.4 is 0 Å².